The number of benzene rings is 1. The van der Waals surface area contributed by atoms with E-state index in [0.29, 0.717) is 5.69 Å². The molecule has 0 radical (unpaired) electrons. The monoisotopic (exact) mass is 258 g/mol. The highest BCUT2D eigenvalue weighted by Gasteiger charge is 2.21. The van der Waals surface area contributed by atoms with E-state index in [-0.39, 0.29) is 11.6 Å². The Morgan fingerprint density at radius 2 is 2.05 bits per heavy atom. The second-order valence-electron chi connectivity index (χ2n) is 4.41. The van der Waals surface area contributed by atoms with Gasteiger partial charge in [0, 0.05) is 12.7 Å². The van der Waals surface area contributed by atoms with Crippen molar-refractivity contribution in [3.8, 4) is 0 Å². The lowest BCUT2D eigenvalue weighted by Crippen LogP contribution is -2.27. The minimum Gasteiger partial charge on any atom is -0.395 e. The standard InChI is InChI=1S/C14H18N4O/c1-3-7-11-12(15)13(17-16-11)14(19)18(2)10-8-5-4-6-9-10/h4-6,8-9H,3,7,15H2,1-2H3,(H,16,17). The molecule has 0 saturated heterocycles. The summed E-state index contributed by atoms with van der Waals surface area (Å²) in [7, 11) is 1.71. The lowest BCUT2D eigenvalue weighted by Gasteiger charge is -2.16. The van der Waals surface area contributed by atoms with Gasteiger partial charge in [-0.25, -0.2) is 0 Å². The Bertz CT molecular complexity index is 562. The van der Waals surface area contributed by atoms with E-state index < -0.39 is 0 Å². The number of anilines is 2. The zero-order chi connectivity index (χ0) is 13.8. The molecule has 0 aliphatic rings. The summed E-state index contributed by atoms with van der Waals surface area (Å²) in [5.74, 6) is -0.206. The van der Waals surface area contributed by atoms with Gasteiger partial charge in [-0.05, 0) is 18.6 Å². The molecule has 1 amide bonds. The number of hydrogen-bond acceptors (Lipinski definition) is 3. The Kier molecular flexibility index (Phi) is 3.85. The van der Waals surface area contributed by atoms with Crippen LogP contribution < -0.4 is 10.6 Å². The summed E-state index contributed by atoms with van der Waals surface area (Å²) in [6.07, 6.45) is 1.75. The Morgan fingerprint density at radius 1 is 1.37 bits per heavy atom. The number of amides is 1. The van der Waals surface area contributed by atoms with Crippen molar-refractivity contribution in [3.05, 3.63) is 41.7 Å². The zero-order valence-corrected chi connectivity index (χ0v) is 11.2. The molecule has 2 aromatic rings. The molecule has 1 aromatic carbocycles. The molecular weight excluding hydrogens is 240 g/mol. The van der Waals surface area contributed by atoms with E-state index in [0.717, 1.165) is 24.2 Å². The number of aromatic nitrogens is 2. The minimum absolute atomic E-state index is 0.206. The number of nitrogens with one attached hydrogen (secondary N) is 1. The molecule has 0 saturated carbocycles. The molecule has 1 heterocycles. The van der Waals surface area contributed by atoms with Crippen LogP contribution in [0.1, 0.15) is 29.5 Å². The van der Waals surface area contributed by atoms with Crippen molar-refractivity contribution in [2.75, 3.05) is 17.7 Å². The number of hydrogen-bond donors (Lipinski definition) is 2. The molecule has 5 heteroatoms. The van der Waals surface area contributed by atoms with Crippen molar-refractivity contribution in [2.45, 2.75) is 19.8 Å². The van der Waals surface area contributed by atoms with E-state index in [1.54, 1.807) is 11.9 Å². The number of rotatable bonds is 4. The molecule has 19 heavy (non-hydrogen) atoms. The van der Waals surface area contributed by atoms with E-state index in [1.165, 1.54) is 0 Å². The summed E-state index contributed by atoms with van der Waals surface area (Å²) in [5.41, 5.74) is 8.34. The molecule has 0 bridgehead atoms. The number of nitrogen functional groups attached to an aromatic ring is 1. The van der Waals surface area contributed by atoms with Crippen LogP contribution in [0.5, 0.6) is 0 Å². The highest BCUT2D eigenvalue weighted by molar-refractivity contribution is 6.07. The first-order chi connectivity index (χ1) is 9.15. The Morgan fingerprint density at radius 3 is 2.68 bits per heavy atom. The SMILES string of the molecule is CCCc1[nH]nc(C(=O)N(C)c2ccccc2)c1N. The molecule has 1 aromatic heterocycles. The van der Waals surface area contributed by atoms with Crippen molar-refractivity contribution >= 4 is 17.3 Å². The highest BCUT2D eigenvalue weighted by Crippen LogP contribution is 2.20. The molecule has 0 aliphatic carbocycles. The van der Waals surface area contributed by atoms with Crippen LogP contribution in [0.25, 0.3) is 0 Å². The van der Waals surface area contributed by atoms with E-state index in [1.807, 2.05) is 30.3 Å². The third kappa shape index (κ3) is 2.59. The first-order valence-electron chi connectivity index (χ1n) is 6.31. The van der Waals surface area contributed by atoms with Crippen molar-refractivity contribution in [2.24, 2.45) is 0 Å². The van der Waals surface area contributed by atoms with E-state index in [4.69, 9.17) is 5.73 Å². The van der Waals surface area contributed by atoms with Crippen LogP contribution in [0.2, 0.25) is 0 Å². The van der Waals surface area contributed by atoms with Crippen molar-refractivity contribution in [1.82, 2.24) is 10.2 Å². The second kappa shape index (κ2) is 5.56. The lowest BCUT2D eigenvalue weighted by molar-refractivity contribution is 0.0989. The fourth-order valence-electron chi connectivity index (χ4n) is 1.92. The van der Waals surface area contributed by atoms with Crippen LogP contribution in [0.3, 0.4) is 0 Å². The van der Waals surface area contributed by atoms with Crippen LogP contribution >= 0.6 is 0 Å². The van der Waals surface area contributed by atoms with E-state index >= 15 is 0 Å². The molecule has 0 aliphatic heterocycles. The maximum atomic E-state index is 12.3. The van der Waals surface area contributed by atoms with Crippen LogP contribution in [-0.2, 0) is 6.42 Å². The van der Waals surface area contributed by atoms with E-state index in [2.05, 4.69) is 17.1 Å². The number of carbonyl (C=O) groups is 1. The number of para-hydroxylation sites is 1. The molecule has 5 nitrogen and oxygen atoms in total. The molecule has 0 atom stereocenters. The molecule has 100 valence electrons. The number of H-pyrrole nitrogens is 1. The summed E-state index contributed by atoms with van der Waals surface area (Å²) in [6.45, 7) is 2.05. The quantitative estimate of drug-likeness (QED) is 0.883. The Labute approximate surface area is 112 Å². The van der Waals surface area contributed by atoms with Gasteiger partial charge in [0.15, 0.2) is 5.69 Å². The maximum Gasteiger partial charge on any atom is 0.280 e. The van der Waals surface area contributed by atoms with Crippen LogP contribution in [0, 0.1) is 0 Å². The molecule has 0 unspecified atom stereocenters. The lowest BCUT2D eigenvalue weighted by atomic mass is 10.2. The van der Waals surface area contributed by atoms with Gasteiger partial charge in [-0.15, -0.1) is 0 Å². The number of aryl methyl sites for hydroxylation is 1. The zero-order valence-electron chi connectivity index (χ0n) is 11.2. The van der Waals surface area contributed by atoms with Gasteiger partial charge in [0.1, 0.15) is 0 Å². The molecule has 2 rings (SSSR count). The summed E-state index contributed by atoms with van der Waals surface area (Å²) in [5, 5.41) is 6.88. The van der Waals surface area contributed by atoms with Crippen molar-refractivity contribution in [1.29, 1.82) is 0 Å². The molecule has 0 spiro atoms. The van der Waals surface area contributed by atoms with E-state index in [9.17, 15) is 4.79 Å². The summed E-state index contributed by atoms with van der Waals surface area (Å²) in [6, 6.07) is 9.41. The average molecular weight is 258 g/mol. The fraction of sp³-hybridized carbons (Fsp3) is 0.286. The number of aromatic amines is 1. The van der Waals surface area contributed by atoms with Gasteiger partial charge >= 0.3 is 0 Å². The van der Waals surface area contributed by atoms with Crippen LogP contribution in [0.15, 0.2) is 30.3 Å². The topological polar surface area (TPSA) is 75.0 Å². The maximum absolute atomic E-state index is 12.3. The third-order valence-corrected chi connectivity index (χ3v) is 3.03. The highest BCUT2D eigenvalue weighted by atomic mass is 16.2. The van der Waals surface area contributed by atoms with Gasteiger partial charge in [0.05, 0.1) is 11.4 Å². The van der Waals surface area contributed by atoms with Crippen molar-refractivity contribution in [3.63, 3.8) is 0 Å². The van der Waals surface area contributed by atoms with Gasteiger partial charge in [-0.3, -0.25) is 9.89 Å². The van der Waals surface area contributed by atoms with Crippen molar-refractivity contribution < 1.29 is 4.79 Å². The normalized spacial score (nSPS) is 10.4. The Hall–Kier alpha value is -2.30. The minimum atomic E-state index is -0.206. The van der Waals surface area contributed by atoms with Gasteiger partial charge in [-0.2, -0.15) is 5.10 Å². The van der Waals surface area contributed by atoms with Gasteiger partial charge in [0.25, 0.3) is 5.91 Å². The number of nitrogens with zero attached hydrogens (tertiary/aromatic N) is 2. The largest absolute Gasteiger partial charge is 0.395 e. The number of nitrogens with two attached hydrogens (primary N) is 1. The summed E-state index contributed by atoms with van der Waals surface area (Å²) in [4.78, 5) is 13.9. The third-order valence-electron chi connectivity index (χ3n) is 3.03. The number of carbonyl (C=O) groups excluding carboxylic acids is 1. The molecule has 0 fully saturated rings. The predicted molar refractivity (Wildman–Crippen MR) is 76.2 cm³/mol. The van der Waals surface area contributed by atoms with Gasteiger partial charge in [0.2, 0.25) is 0 Å². The Balaban J connectivity index is 2.25. The van der Waals surface area contributed by atoms with Gasteiger partial charge in [-0.1, -0.05) is 31.5 Å². The van der Waals surface area contributed by atoms with Gasteiger partial charge < -0.3 is 10.6 Å². The van der Waals surface area contributed by atoms with Crippen LogP contribution in [-0.4, -0.2) is 23.2 Å². The summed E-state index contributed by atoms with van der Waals surface area (Å²) >= 11 is 0. The first kappa shape index (κ1) is 13.1. The molecular formula is C14H18N4O. The first-order valence-corrected chi connectivity index (χ1v) is 6.31. The summed E-state index contributed by atoms with van der Waals surface area (Å²) < 4.78 is 0. The smallest absolute Gasteiger partial charge is 0.280 e. The fourth-order valence-corrected chi connectivity index (χ4v) is 1.92. The molecule has 3 N–H and O–H groups in total. The average Bonchev–Trinajstić information content (AvgIpc) is 2.80. The predicted octanol–water partition coefficient (Wildman–Crippen LogP) is 2.22. The second-order valence-corrected chi connectivity index (χ2v) is 4.41. The van der Waals surface area contributed by atoms with Crippen LogP contribution in [0.4, 0.5) is 11.4 Å².